The van der Waals surface area contributed by atoms with Gasteiger partial charge in [0, 0.05) is 4.70 Å². The molecule has 0 saturated heterocycles. The summed E-state index contributed by atoms with van der Waals surface area (Å²) in [7, 11) is 1.72. The first-order valence-corrected chi connectivity index (χ1v) is 8.20. The fraction of sp³-hybridized carbons (Fsp3) is 0.143. The monoisotopic (exact) mass is 338 g/mol. The molecule has 0 bridgehead atoms. The second-order valence-corrected chi connectivity index (χ2v) is 6.68. The molecule has 0 spiro atoms. The number of alkyl halides is 1. The van der Waals surface area contributed by atoms with Crippen molar-refractivity contribution < 1.29 is 4.74 Å². The molecular formula is C14H11BrOS2. The highest BCUT2D eigenvalue weighted by atomic mass is 79.9. The van der Waals surface area contributed by atoms with Gasteiger partial charge in [0.25, 0.3) is 0 Å². The van der Waals surface area contributed by atoms with Crippen LogP contribution < -0.4 is 4.74 Å². The number of hydrogen-bond acceptors (Lipinski definition) is 3. The standard InChI is InChI=1S/C14H11BrOS2/c1-16-11-6-7-17-14(11)13(15)10-8-18-12-5-3-2-4-9(10)12/h2-8,13H,1H3. The molecule has 1 atom stereocenters. The van der Waals surface area contributed by atoms with E-state index >= 15 is 0 Å². The summed E-state index contributed by atoms with van der Waals surface area (Å²) in [5, 5.41) is 5.61. The van der Waals surface area contributed by atoms with Crippen molar-refractivity contribution in [3.05, 3.63) is 51.5 Å². The average Bonchev–Trinajstić information content (AvgIpc) is 3.04. The van der Waals surface area contributed by atoms with E-state index in [1.807, 2.05) is 6.07 Å². The molecule has 0 fully saturated rings. The molecule has 1 unspecified atom stereocenters. The molecule has 18 heavy (non-hydrogen) atoms. The molecular weight excluding hydrogens is 328 g/mol. The van der Waals surface area contributed by atoms with Gasteiger partial charge in [-0.05, 0) is 33.8 Å². The van der Waals surface area contributed by atoms with E-state index in [9.17, 15) is 0 Å². The molecule has 0 saturated carbocycles. The van der Waals surface area contributed by atoms with Crippen LogP contribution in [0.15, 0.2) is 41.1 Å². The van der Waals surface area contributed by atoms with Gasteiger partial charge in [-0.25, -0.2) is 0 Å². The zero-order chi connectivity index (χ0) is 12.5. The Labute approximate surface area is 122 Å². The van der Waals surface area contributed by atoms with Gasteiger partial charge in [0.1, 0.15) is 5.75 Å². The van der Waals surface area contributed by atoms with Crippen LogP contribution in [0.4, 0.5) is 0 Å². The van der Waals surface area contributed by atoms with Crippen molar-refractivity contribution >= 4 is 48.7 Å². The first-order valence-electron chi connectivity index (χ1n) is 5.53. The smallest absolute Gasteiger partial charge is 0.134 e. The Kier molecular flexibility index (Phi) is 3.41. The third-order valence-electron chi connectivity index (χ3n) is 2.89. The van der Waals surface area contributed by atoms with Crippen LogP contribution in [0.2, 0.25) is 0 Å². The van der Waals surface area contributed by atoms with E-state index in [1.54, 1.807) is 29.8 Å². The number of benzene rings is 1. The lowest BCUT2D eigenvalue weighted by molar-refractivity contribution is 0.413. The molecule has 92 valence electrons. The summed E-state index contributed by atoms with van der Waals surface area (Å²) < 4.78 is 6.73. The normalized spacial score (nSPS) is 12.8. The van der Waals surface area contributed by atoms with Crippen molar-refractivity contribution in [2.75, 3.05) is 7.11 Å². The lowest BCUT2D eigenvalue weighted by atomic mass is 10.1. The Bertz CT molecular complexity index is 671. The van der Waals surface area contributed by atoms with E-state index in [1.165, 1.54) is 20.5 Å². The van der Waals surface area contributed by atoms with E-state index in [0.717, 1.165) is 5.75 Å². The summed E-state index contributed by atoms with van der Waals surface area (Å²) in [6, 6.07) is 10.5. The van der Waals surface area contributed by atoms with Gasteiger partial charge in [-0.15, -0.1) is 22.7 Å². The first-order chi connectivity index (χ1) is 8.81. The van der Waals surface area contributed by atoms with Crippen LogP contribution >= 0.6 is 38.6 Å². The van der Waals surface area contributed by atoms with E-state index in [2.05, 4.69) is 51.0 Å². The number of halogens is 1. The number of hydrogen-bond donors (Lipinski definition) is 0. The maximum atomic E-state index is 5.40. The Morgan fingerprint density at radius 2 is 2.00 bits per heavy atom. The quantitative estimate of drug-likeness (QED) is 0.576. The highest BCUT2D eigenvalue weighted by Crippen LogP contribution is 2.44. The minimum absolute atomic E-state index is 0.198. The van der Waals surface area contributed by atoms with Gasteiger partial charge in [0.2, 0.25) is 0 Å². The number of fused-ring (bicyclic) bond motifs is 1. The molecule has 4 heteroatoms. The van der Waals surface area contributed by atoms with Gasteiger partial charge < -0.3 is 4.74 Å². The molecule has 3 aromatic rings. The van der Waals surface area contributed by atoms with Crippen LogP contribution in [-0.2, 0) is 0 Å². The number of methoxy groups -OCH3 is 1. The molecule has 0 aliphatic carbocycles. The van der Waals surface area contributed by atoms with E-state index in [4.69, 9.17) is 4.74 Å². The minimum Gasteiger partial charge on any atom is -0.496 e. The fourth-order valence-corrected chi connectivity index (χ4v) is 4.94. The van der Waals surface area contributed by atoms with Crippen LogP contribution in [0.5, 0.6) is 5.75 Å². The molecule has 0 aliphatic rings. The van der Waals surface area contributed by atoms with Gasteiger partial charge in [-0.3, -0.25) is 0 Å². The Morgan fingerprint density at radius 3 is 2.83 bits per heavy atom. The van der Waals surface area contributed by atoms with Crippen LogP contribution in [0, 0.1) is 0 Å². The zero-order valence-corrected chi connectivity index (χ0v) is 12.9. The fourth-order valence-electron chi connectivity index (χ4n) is 2.00. The van der Waals surface area contributed by atoms with Crippen molar-refractivity contribution in [1.82, 2.24) is 0 Å². The lowest BCUT2D eigenvalue weighted by Gasteiger charge is -2.09. The summed E-state index contributed by atoms with van der Waals surface area (Å²) in [5.74, 6) is 0.956. The van der Waals surface area contributed by atoms with Crippen LogP contribution in [0.3, 0.4) is 0 Å². The van der Waals surface area contributed by atoms with E-state index in [-0.39, 0.29) is 4.83 Å². The van der Waals surface area contributed by atoms with E-state index < -0.39 is 0 Å². The van der Waals surface area contributed by atoms with Gasteiger partial charge >= 0.3 is 0 Å². The summed E-state index contributed by atoms with van der Waals surface area (Å²) >= 11 is 7.31. The molecule has 2 aromatic heterocycles. The maximum Gasteiger partial charge on any atom is 0.134 e. The van der Waals surface area contributed by atoms with Crippen molar-refractivity contribution in [3.63, 3.8) is 0 Å². The highest BCUT2D eigenvalue weighted by molar-refractivity contribution is 9.09. The van der Waals surface area contributed by atoms with Crippen LogP contribution in [0.25, 0.3) is 10.1 Å². The third-order valence-corrected chi connectivity index (χ3v) is 6.09. The Hall–Kier alpha value is -0.840. The predicted octanol–water partition coefficient (Wildman–Crippen LogP) is 5.46. The molecule has 3 rings (SSSR count). The summed E-state index contributed by atoms with van der Waals surface area (Å²) in [6.45, 7) is 0. The first kappa shape index (κ1) is 12.2. The lowest BCUT2D eigenvalue weighted by Crippen LogP contribution is -1.91. The maximum absolute atomic E-state index is 5.40. The van der Waals surface area contributed by atoms with Crippen molar-refractivity contribution in [3.8, 4) is 5.75 Å². The van der Waals surface area contributed by atoms with Gasteiger partial charge in [-0.1, -0.05) is 34.1 Å². The van der Waals surface area contributed by atoms with Gasteiger partial charge in [0.05, 0.1) is 16.8 Å². The molecule has 1 nitrogen and oxygen atoms in total. The van der Waals surface area contributed by atoms with Gasteiger partial charge in [-0.2, -0.15) is 0 Å². The molecule has 0 radical (unpaired) electrons. The second-order valence-electron chi connectivity index (χ2n) is 3.90. The van der Waals surface area contributed by atoms with E-state index in [0.29, 0.717) is 0 Å². The zero-order valence-electron chi connectivity index (χ0n) is 9.72. The molecule has 0 aliphatic heterocycles. The molecule has 1 aromatic carbocycles. The second kappa shape index (κ2) is 5.03. The number of thiophene rings is 2. The van der Waals surface area contributed by atoms with Crippen LogP contribution in [0.1, 0.15) is 15.3 Å². The van der Waals surface area contributed by atoms with Gasteiger partial charge in [0.15, 0.2) is 0 Å². The van der Waals surface area contributed by atoms with Crippen molar-refractivity contribution in [2.24, 2.45) is 0 Å². The SMILES string of the molecule is COc1ccsc1C(Br)c1csc2ccccc12. The summed E-state index contributed by atoms with van der Waals surface area (Å²) in [4.78, 5) is 1.42. The predicted molar refractivity (Wildman–Crippen MR) is 83.5 cm³/mol. The molecule has 2 heterocycles. The summed E-state index contributed by atoms with van der Waals surface area (Å²) in [6.07, 6.45) is 0. The largest absolute Gasteiger partial charge is 0.496 e. The number of rotatable bonds is 3. The Morgan fingerprint density at radius 1 is 1.17 bits per heavy atom. The summed E-state index contributed by atoms with van der Waals surface area (Å²) in [5.41, 5.74) is 1.32. The molecule has 0 amide bonds. The number of ether oxygens (including phenoxy) is 1. The van der Waals surface area contributed by atoms with Crippen molar-refractivity contribution in [1.29, 1.82) is 0 Å². The van der Waals surface area contributed by atoms with Crippen molar-refractivity contribution in [2.45, 2.75) is 4.83 Å². The highest BCUT2D eigenvalue weighted by Gasteiger charge is 2.19. The minimum atomic E-state index is 0.198. The third kappa shape index (κ3) is 1.98. The molecule has 0 N–H and O–H groups in total. The Balaban J connectivity index is 2.09. The topological polar surface area (TPSA) is 9.23 Å². The average molecular weight is 339 g/mol. The van der Waals surface area contributed by atoms with Crippen LogP contribution in [-0.4, -0.2) is 7.11 Å².